The molecule has 0 bridgehead atoms. The van der Waals surface area contributed by atoms with Gasteiger partial charge in [0.15, 0.2) is 6.29 Å². The van der Waals surface area contributed by atoms with Crippen LogP contribution in [0, 0.1) is 0 Å². The molecule has 0 aromatic heterocycles. The molecule has 168 valence electrons. The van der Waals surface area contributed by atoms with Gasteiger partial charge >= 0.3 is 10.4 Å². The summed E-state index contributed by atoms with van der Waals surface area (Å²) < 4.78 is 44.8. The number of aliphatic hydroxyl groups is 3. The van der Waals surface area contributed by atoms with E-state index in [-0.39, 0.29) is 0 Å². The van der Waals surface area contributed by atoms with Crippen LogP contribution in [0.5, 0.6) is 0 Å². The molecule has 10 heteroatoms. The fraction of sp³-hybridized carbons (Fsp3) is 1.00. The topological polar surface area (TPSA) is 143 Å². The van der Waals surface area contributed by atoms with Crippen LogP contribution >= 0.6 is 0 Å². The Balaban J connectivity index is 2.20. The molecule has 1 heterocycles. The molecular formula is C18H36O9S. The molecule has 0 saturated carbocycles. The third kappa shape index (κ3) is 10.4. The molecule has 0 spiro atoms. The van der Waals surface area contributed by atoms with Gasteiger partial charge in [0, 0.05) is 6.61 Å². The van der Waals surface area contributed by atoms with Crippen LogP contribution in [-0.4, -0.2) is 72.2 Å². The second-order valence-corrected chi connectivity index (χ2v) is 8.37. The van der Waals surface area contributed by atoms with Gasteiger partial charge in [-0.15, -0.1) is 0 Å². The third-order valence-corrected chi connectivity index (χ3v) is 5.26. The minimum atomic E-state index is -4.71. The monoisotopic (exact) mass is 428 g/mol. The molecule has 28 heavy (non-hydrogen) atoms. The van der Waals surface area contributed by atoms with E-state index in [9.17, 15) is 23.7 Å². The van der Waals surface area contributed by atoms with Crippen molar-refractivity contribution < 1.29 is 41.9 Å². The summed E-state index contributed by atoms with van der Waals surface area (Å²) in [5.74, 6) is 0. The van der Waals surface area contributed by atoms with Crippen molar-refractivity contribution in [2.45, 2.75) is 102 Å². The van der Waals surface area contributed by atoms with Crippen LogP contribution in [0.4, 0.5) is 0 Å². The van der Waals surface area contributed by atoms with E-state index >= 15 is 0 Å². The predicted octanol–water partition coefficient (Wildman–Crippen LogP) is 1.55. The summed E-state index contributed by atoms with van der Waals surface area (Å²) in [6, 6.07) is 0. The quantitative estimate of drug-likeness (QED) is 0.226. The molecule has 0 unspecified atom stereocenters. The second kappa shape index (κ2) is 13.8. The van der Waals surface area contributed by atoms with Crippen molar-refractivity contribution in [2.75, 3.05) is 13.2 Å². The summed E-state index contributed by atoms with van der Waals surface area (Å²) in [5, 5.41) is 29.6. The number of hydrogen-bond acceptors (Lipinski definition) is 8. The normalized spacial score (nSPS) is 28.5. The van der Waals surface area contributed by atoms with E-state index in [0.717, 1.165) is 19.3 Å². The first-order valence-electron chi connectivity index (χ1n) is 10.2. The zero-order valence-electron chi connectivity index (χ0n) is 16.6. The van der Waals surface area contributed by atoms with Gasteiger partial charge in [0.25, 0.3) is 0 Å². The van der Waals surface area contributed by atoms with Crippen molar-refractivity contribution in [3.63, 3.8) is 0 Å². The molecule has 4 N–H and O–H groups in total. The summed E-state index contributed by atoms with van der Waals surface area (Å²) in [4.78, 5) is 0. The Bertz CT molecular complexity index is 499. The van der Waals surface area contributed by atoms with Gasteiger partial charge in [-0.2, -0.15) is 8.42 Å². The average molecular weight is 429 g/mol. The minimum absolute atomic E-state index is 0.299. The van der Waals surface area contributed by atoms with Crippen LogP contribution in [0.15, 0.2) is 0 Å². The molecule has 1 aliphatic heterocycles. The molecule has 1 rings (SSSR count). The molecule has 5 atom stereocenters. The van der Waals surface area contributed by atoms with Gasteiger partial charge in [0.1, 0.15) is 24.4 Å². The lowest BCUT2D eigenvalue weighted by Gasteiger charge is -2.39. The molecule has 0 aliphatic carbocycles. The molecule has 9 nitrogen and oxygen atoms in total. The first-order chi connectivity index (χ1) is 13.3. The van der Waals surface area contributed by atoms with Gasteiger partial charge in [-0.05, 0) is 6.42 Å². The number of hydrogen-bond donors (Lipinski definition) is 4. The first kappa shape index (κ1) is 25.7. The predicted molar refractivity (Wildman–Crippen MR) is 102 cm³/mol. The largest absolute Gasteiger partial charge is 0.397 e. The van der Waals surface area contributed by atoms with Gasteiger partial charge in [0.2, 0.25) is 0 Å². The van der Waals surface area contributed by atoms with E-state index in [0.29, 0.717) is 6.61 Å². The lowest BCUT2D eigenvalue weighted by Crippen LogP contribution is -2.59. The van der Waals surface area contributed by atoms with E-state index in [1.165, 1.54) is 44.9 Å². The highest BCUT2D eigenvalue weighted by Crippen LogP contribution is 2.23. The summed E-state index contributed by atoms with van der Waals surface area (Å²) in [6.07, 6.45) is 4.55. The molecule has 1 aliphatic rings. The highest BCUT2D eigenvalue weighted by Gasteiger charge is 2.44. The highest BCUT2D eigenvalue weighted by molar-refractivity contribution is 7.80. The number of ether oxygens (including phenoxy) is 2. The van der Waals surface area contributed by atoms with Crippen LogP contribution < -0.4 is 0 Å². The van der Waals surface area contributed by atoms with Crippen molar-refractivity contribution in [1.82, 2.24) is 0 Å². The van der Waals surface area contributed by atoms with Gasteiger partial charge in [0.05, 0.1) is 6.61 Å². The molecule has 1 fully saturated rings. The van der Waals surface area contributed by atoms with Crippen molar-refractivity contribution >= 4 is 10.4 Å². The van der Waals surface area contributed by atoms with Crippen LogP contribution in [0.1, 0.15) is 71.1 Å². The average Bonchev–Trinajstić information content (AvgIpc) is 2.64. The van der Waals surface area contributed by atoms with Crippen molar-refractivity contribution in [1.29, 1.82) is 0 Å². The van der Waals surface area contributed by atoms with Crippen molar-refractivity contribution in [2.24, 2.45) is 0 Å². The van der Waals surface area contributed by atoms with E-state index in [4.69, 9.17) is 14.0 Å². The van der Waals surface area contributed by atoms with Crippen LogP contribution in [0.2, 0.25) is 0 Å². The maximum absolute atomic E-state index is 10.6. The maximum atomic E-state index is 10.6. The maximum Gasteiger partial charge on any atom is 0.397 e. The number of unbranched alkanes of at least 4 members (excludes halogenated alkanes) is 9. The Morgan fingerprint density at radius 1 is 0.821 bits per heavy atom. The second-order valence-electron chi connectivity index (χ2n) is 7.28. The number of aliphatic hydroxyl groups excluding tert-OH is 3. The van der Waals surface area contributed by atoms with Crippen molar-refractivity contribution in [3.8, 4) is 0 Å². The van der Waals surface area contributed by atoms with Gasteiger partial charge in [-0.25, -0.2) is 4.18 Å². The summed E-state index contributed by atoms with van der Waals surface area (Å²) >= 11 is 0. The third-order valence-electron chi connectivity index (χ3n) is 4.83. The summed E-state index contributed by atoms with van der Waals surface area (Å²) in [6.45, 7) is 1.80. The smallest absolute Gasteiger partial charge is 0.387 e. The van der Waals surface area contributed by atoms with Crippen LogP contribution in [-0.2, 0) is 24.1 Å². The molecule has 1 saturated heterocycles. The summed E-state index contributed by atoms with van der Waals surface area (Å²) in [7, 11) is -4.71. The summed E-state index contributed by atoms with van der Waals surface area (Å²) in [5.41, 5.74) is 0. The lowest BCUT2D eigenvalue weighted by molar-refractivity contribution is -0.300. The van der Waals surface area contributed by atoms with E-state index in [1.54, 1.807) is 0 Å². The van der Waals surface area contributed by atoms with E-state index in [2.05, 4.69) is 11.1 Å². The zero-order valence-corrected chi connectivity index (χ0v) is 17.4. The van der Waals surface area contributed by atoms with Gasteiger partial charge in [-0.3, -0.25) is 4.55 Å². The fourth-order valence-corrected chi connectivity index (χ4v) is 3.44. The Morgan fingerprint density at radius 3 is 1.89 bits per heavy atom. The first-order valence-corrected chi connectivity index (χ1v) is 11.6. The zero-order chi connectivity index (χ0) is 21.0. The highest BCUT2D eigenvalue weighted by atomic mass is 32.3. The Kier molecular flexibility index (Phi) is 12.7. The van der Waals surface area contributed by atoms with E-state index in [1.807, 2.05) is 0 Å². The van der Waals surface area contributed by atoms with Crippen molar-refractivity contribution in [3.05, 3.63) is 0 Å². The SMILES string of the molecule is CCCCCCCCCCCCO[C@@H]1O[C@H](COS(=O)(=O)O)[C@@H](O)[C@H](O)[C@H]1O. The molecule has 0 aromatic rings. The fourth-order valence-electron chi connectivity index (χ4n) is 3.13. The molecule has 0 radical (unpaired) electrons. The van der Waals surface area contributed by atoms with Gasteiger partial charge < -0.3 is 24.8 Å². The Morgan fingerprint density at radius 2 is 1.36 bits per heavy atom. The lowest BCUT2D eigenvalue weighted by atomic mass is 9.99. The van der Waals surface area contributed by atoms with E-state index < -0.39 is 47.7 Å². The molecular weight excluding hydrogens is 392 g/mol. The standard InChI is InChI=1S/C18H36O9S/c1-2-3-4-5-6-7-8-9-10-11-12-25-18-17(21)16(20)15(19)14(27-18)13-26-28(22,23)24/h14-21H,2-13H2,1H3,(H,22,23,24)/t14-,15-,16+,17-,18-/m1/s1. The van der Waals surface area contributed by atoms with Crippen LogP contribution in [0.3, 0.4) is 0 Å². The minimum Gasteiger partial charge on any atom is -0.387 e. The Labute approximate surface area is 167 Å². The Hall–Kier alpha value is -0.330. The number of rotatable bonds is 15. The molecule has 0 amide bonds. The molecule has 0 aromatic carbocycles. The van der Waals surface area contributed by atoms with Gasteiger partial charge in [-0.1, -0.05) is 64.7 Å². The van der Waals surface area contributed by atoms with Crippen LogP contribution in [0.25, 0.3) is 0 Å².